The highest BCUT2D eigenvalue weighted by Crippen LogP contribution is 2.22. The minimum Gasteiger partial charge on any atom is -0.478 e. The van der Waals surface area contributed by atoms with Crippen molar-refractivity contribution in [2.75, 3.05) is 13.7 Å². The fourth-order valence-corrected chi connectivity index (χ4v) is 2.40. The van der Waals surface area contributed by atoms with Crippen molar-refractivity contribution in [2.45, 2.75) is 26.2 Å². The maximum Gasteiger partial charge on any atom is 0.328 e. The number of hydrogen-bond donors (Lipinski definition) is 1. The van der Waals surface area contributed by atoms with E-state index in [0.29, 0.717) is 6.61 Å². The van der Waals surface area contributed by atoms with Crippen LogP contribution in [0.3, 0.4) is 0 Å². The van der Waals surface area contributed by atoms with Crippen LogP contribution in [0, 0.1) is 0 Å². The molecule has 17 heavy (non-hydrogen) atoms. The van der Waals surface area contributed by atoms with Crippen LogP contribution in [0.25, 0.3) is 6.08 Å². The first kappa shape index (κ1) is 13.9. The van der Waals surface area contributed by atoms with Gasteiger partial charge in [-0.1, -0.05) is 13.3 Å². The summed E-state index contributed by atoms with van der Waals surface area (Å²) in [6, 6.07) is 0. The van der Waals surface area contributed by atoms with Gasteiger partial charge in [0.1, 0.15) is 0 Å². The number of hydrogen-bond acceptors (Lipinski definition) is 4. The normalized spacial score (nSPS) is 11.2. The number of aromatic nitrogens is 1. The van der Waals surface area contributed by atoms with Crippen molar-refractivity contribution in [3.05, 3.63) is 21.7 Å². The van der Waals surface area contributed by atoms with E-state index in [2.05, 4.69) is 11.9 Å². The first-order valence-electron chi connectivity index (χ1n) is 5.56. The van der Waals surface area contributed by atoms with Crippen LogP contribution in [0.5, 0.6) is 0 Å². The number of methoxy groups -OCH3 is 1. The van der Waals surface area contributed by atoms with Crippen LogP contribution >= 0.6 is 11.3 Å². The predicted molar refractivity (Wildman–Crippen MR) is 68.4 cm³/mol. The lowest BCUT2D eigenvalue weighted by atomic mass is 10.2. The lowest BCUT2D eigenvalue weighted by Crippen LogP contribution is -1.94. The van der Waals surface area contributed by atoms with Crippen molar-refractivity contribution in [3.63, 3.8) is 0 Å². The Morgan fingerprint density at radius 1 is 1.53 bits per heavy atom. The molecule has 1 aromatic rings. The molecule has 0 aliphatic heterocycles. The Hall–Kier alpha value is -1.20. The summed E-state index contributed by atoms with van der Waals surface area (Å²) in [5, 5.41) is 9.62. The van der Waals surface area contributed by atoms with Crippen molar-refractivity contribution in [1.82, 2.24) is 4.98 Å². The van der Waals surface area contributed by atoms with Crippen LogP contribution in [0.1, 0.15) is 28.9 Å². The summed E-state index contributed by atoms with van der Waals surface area (Å²) in [6.07, 6.45) is 5.44. The summed E-state index contributed by atoms with van der Waals surface area (Å²) in [7, 11) is 1.66. The highest BCUT2D eigenvalue weighted by molar-refractivity contribution is 7.12. The molecule has 1 heterocycles. The molecular weight excluding hydrogens is 238 g/mol. The van der Waals surface area contributed by atoms with Crippen molar-refractivity contribution in [2.24, 2.45) is 0 Å². The molecule has 0 fully saturated rings. The molecule has 1 rings (SSSR count). The van der Waals surface area contributed by atoms with E-state index in [9.17, 15) is 4.79 Å². The molecule has 0 radical (unpaired) electrons. The summed E-state index contributed by atoms with van der Waals surface area (Å²) in [4.78, 5) is 16.0. The molecule has 1 aromatic heterocycles. The van der Waals surface area contributed by atoms with Gasteiger partial charge >= 0.3 is 5.97 Å². The van der Waals surface area contributed by atoms with E-state index in [1.54, 1.807) is 24.5 Å². The molecule has 0 bridgehead atoms. The van der Waals surface area contributed by atoms with Gasteiger partial charge in [-0.05, 0) is 12.5 Å². The standard InChI is InChI=1S/C12H17NO3S/c1-3-4-9-10(5-6-12(14)15)17-11(13-9)7-8-16-2/h5-6H,3-4,7-8H2,1-2H3,(H,14,15)/b6-5+. The number of ether oxygens (including phenoxy) is 1. The van der Waals surface area contributed by atoms with Crippen LogP contribution < -0.4 is 0 Å². The molecule has 4 nitrogen and oxygen atoms in total. The van der Waals surface area contributed by atoms with E-state index in [1.165, 1.54) is 0 Å². The van der Waals surface area contributed by atoms with Crippen LogP contribution in [0.2, 0.25) is 0 Å². The van der Waals surface area contributed by atoms with Crippen molar-refractivity contribution < 1.29 is 14.6 Å². The molecule has 0 saturated heterocycles. The van der Waals surface area contributed by atoms with Gasteiger partial charge in [0.2, 0.25) is 0 Å². The number of aliphatic carboxylic acids is 1. The van der Waals surface area contributed by atoms with Gasteiger partial charge in [0, 0.05) is 19.6 Å². The Bertz CT molecular complexity index is 398. The molecule has 5 heteroatoms. The van der Waals surface area contributed by atoms with Crippen molar-refractivity contribution in [1.29, 1.82) is 0 Å². The fourth-order valence-electron chi connectivity index (χ4n) is 1.40. The average Bonchev–Trinajstić information content (AvgIpc) is 2.67. The predicted octanol–water partition coefficient (Wildman–Crippen LogP) is 2.38. The minimum absolute atomic E-state index is 0.640. The number of aryl methyl sites for hydroxylation is 1. The van der Waals surface area contributed by atoms with Crippen molar-refractivity contribution >= 4 is 23.4 Å². The monoisotopic (exact) mass is 255 g/mol. The van der Waals surface area contributed by atoms with Gasteiger partial charge in [-0.25, -0.2) is 9.78 Å². The molecule has 0 amide bonds. The second-order valence-corrected chi connectivity index (χ2v) is 4.70. The van der Waals surface area contributed by atoms with Crippen molar-refractivity contribution in [3.8, 4) is 0 Å². The summed E-state index contributed by atoms with van der Waals surface area (Å²) >= 11 is 1.54. The van der Waals surface area contributed by atoms with Gasteiger partial charge in [0.05, 0.1) is 22.2 Å². The lowest BCUT2D eigenvalue weighted by molar-refractivity contribution is -0.131. The molecule has 0 spiro atoms. The van der Waals surface area contributed by atoms with Gasteiger partial charge in [-0.2, -0.15) is 0 Å². The Kier molecular flexibility index (Phi) is 5.86. The zero-order chi connectivity index (χ0) is 12.7. The van der Waals surface area contributed by atoms with Crippen LogP contribution in [0.4, 0.5) is 0 Å². The Morgan fingerprint density at radius 2 is 2.29 bits per heavy atom. The third-order valence-corrected chi connectivity index (χ3v) is 3.28. The Morgan fingerprint density at radius 3 is 2.88 bits per heavy atom. The van der Waals surface area contributed by atoms with Crippen LogP contribution in [-0.2, 0) is 22.4 Å². The lowest BCUT2D eigenvalue weighted by Gasteiger charge is -1.93. The molecule has 1 N–H and O–H groups in total. The molecular formula is C12H17NO3S. The molecule has 0 atom stereocenters. The van der Waals surface area contributed by atoms with Gasteiger partial charge in [0.15, 0.2) is 0 Å². The first-order valence-corrected chi connectivity index (χ1v) is 6.37. The van der Waals surface area contributed by atoms with E-state index in [1.807, 2.05) is 0 Å². The number of nitrogens with zero attached hydrogens (tertiary/aromatic N) is 1. The zero-order valence-electron chi connectivity index (χ0n) is 10.1. The Balaban J connectivity index is 2.84. The number of carboxylic acid groups (broad SMARTS) is 1. The first-order chi connectivity index (χ1) is 8.17. The highest BCUT2D eigenvalue weighted by Gasteiger charge is 2.08. The zero-order valence-corrected chi connectivity index (χ0v) is 10.9. The molecule has 0 unspecified atom stereocenters. The average molecular weight is 255 g/mol. The number of rotatable bonds is 7. The number of carbonyl (C=O) groups is 1. The molecule has 0 aliphatic rings. The number of thiazole rings is 1. The SMILES string of the molecule is CCCc1nc(CCOC)sc1/C=C/C(=O)O. The maximum absolute atomic E-state index is 10.5. The van der Waals surface area contributed by atoms with E-state index >= 15 is 0 Å². The number of carboxylic acids is 1. The third-order valence-electron chi connectivity index (χ3n) is 2.16. The van der Waals surface area contributed by atoms with Gasteiger partial charge < -0.3 is 9.84 Å². The van der Waals surface area contributed by atoms with Crippen LogP contribution in [0.15, 0.2) is 6.08 Å². The van der Waals surface area contributed by atoms with E-state index in [4.69, 9.17) is 9.84 Å². The maximum atomic E-state index is 10.5. The molecule has 0 saturated carbocycles. The van der Waals surface area contributed by atoms with Gasteiger partial charge in [-0.15, -0.1) is 11.3 Å². The second kappa shape index (κ2) is 7.19. The van der Waals surface area contributed by atoms with Gasteiger partial charge in [0.25, 0.3) is 0 Å². The molecule has 0 aliphatic carbocycles. The Labute approximate surface area is 105 Å². The van der Waals surface area contributed by atoms with Gasteiger partial charge in [-0.3, -0.25) is 0 Å². The van der Waals surface area contributed by atoms with E-state index < -0.39 is 5.97 Å². The quantitative estimate of drug-likeness (QED) is 0.760. The third kappa shape index (κ3) is 4.66. The minimum atomic E-state index is -0.931. The summed E-state index contributed by atoms with van der Waals surface area (Å²) < 4.78 is 5.01. The smallest absolute Gasteiger partial charge is 0.328 e. The fraction of sp³-hybridized carbons (Fsp3) is 0.500. The topological polar surface area (TPSA) is 59.4 Å². The highest BCUT2D eigenvalue weighted by atomic mass is 32.1. The van der Waals surface area contributed by atoms with Crippen LogP contribution in [-0.4, -0.2) is 29.8 Å². The summed E-state index contributed by atoms with van der Waals surface area (Å²) in [5.74, 6) is -0.931. The van der Waals surface area contributed by atoms with E-state index in [0.717, 1.165) is 40.9 Å². The molecule has 94 valence electrons. The summed E-state index contributed by atoms with van der Waals surface area (Å²) in [6.45, 7) is 2.72. The molecule has 0 aromatic carbocycles. The largest absolute Gasteiger partial charge is 0.478 e. The summed E-state index contributed by atoms with van der Waals surface area (Å²) in [5.41, 5.74) is 0.987. The second-order valence-electron chi connectivity index (χ2n) is 3.58. The van der Waals surface area contributed by atoms with E-state index in [-0.39, 0.29) is 0 Å².